The molecule has 102 valence electrons. The van der Waals surface area contributed by atoms with Gasteiger partial charge < -0.3 is 5.73 Å². The molecule has 0 radical (unpaired) electrons. The van der Waals surface area contributed by atoms with E-state index in [4.69, 9.17) is 5.73 Å². The lowest BCUT2D eigenvalue weighted by molar-refractivity contribution is 0.207. The van der Waals surface area contributed by atoms with Crippen molar-refractivity contribution in [2.75, 3.05) is 7.05 Å². The van der Waals surface area contributed by atoms with Crippen LogP contribution in [0.15, 0.2) is 39.6 Å². The summed E-state index contributed by atoms with van der Waals surface area (Å²) >= 11 is 5.20. The summed E-state index contributed by atoms with van der Waals surface area (Å²) in [5, 5.41) is 2.16. The third kappa shape index (κ3) is 3.86. The summed E-state index contributed by atoms with van der Waals surface area (Å²) in [6, 6.07) is 8.28. The van der Waals surface area contributed by atoms with Gasteiger partial charge in [-0.3, -0.25) is 9.88 Å². The van der Waals surface area contributed by atoms with Crippen molar-refractivity contribution in [2.45, 2.75) is 25.6 Å². The van der Waals surface area contributed by atoms with Gasteiger partial charge in [0, 0.05) is 18.8 Å². The molecule has 0 aliphatic heterocycles. The summed E-state index contributed by atoms with van der Waals surface area (Å²) in [7, 11) is 2.09. The minimum Gasteiger partial charge on any atom is -0.326 e. The molecular weight excluding hydrogens is 322 g/mol. The first-order chi connectivity index (χ1) is 9.08. The Kier molecular flexibility index (Phi) is 5.10. The van der Waals surface area contributed by atoms with Crippen LogP contribution < -0.4 is 5.73 Å². The van der Waals surface area contributed by atoms with Gasteiger partial charge in [-0.15, -0.1) is 11.3 Å². The number of hydrogen-bond donors (Lipinski definition) is 1. The van der Waals surface area contributed by atoms with E-state index in [2.05, 4.69) is 44.3 Å². The molecular formula is C14H18BrN3S. The van der Waals surface area contributed by atoms with Crippen LogP contribution in [0.4, 0.5) is 0 Å². The number of rotatable bonds is 5. The highest BCUT2D eigenvalue weighted by atomic mass is 79.9. The van der Waals surface area contributed by atoms with Gasteiger partial charge in [-0.25, -0.2) is 0 Å². The molecule has 0 aliphatic rings. The lowest BCUT2D eigenvalue weighted by Crippen LogP contribution is -2.37. The Hall–Kier alpha value is -0.750. The smallest absolute Gasteiger partial charge is 0.0701 e. The molecule has 2 heterocycles. The SMILES string of the molecule is CC(N)C(c1ccccn1)N(C)Cc1csc(Br)c1. The first kappa shape index (κ1) is 14.7. The summed E-state index contributed by atoms with van der Waals surface area (Å²) in [5.74, 6) is 0. The molecule has 2 unspecified atom stereocenters. The van der Waals surface area contributed by atoms with Crippen LogP contribution in [-0.4, -0.2) is 23.0 Å². The number of nitrogens with two attached hydrogens (primary N) is 1. The third-order valence-electron chi connectivity index (χ3n) is 3.02. The molecule has 0 fully saturated rings. The Labute approximate surface area is 126 Å². The number of likely N-dealkylation sites (N-methyl/N-ethyl adjacent to an activating group) is 1. The predicted molar refractivity (Wildman–Crippen MR) is 84.1 cm³/mol. The zero-order valence-corrected chi connectivity index (χ0v) is 13.5. The van der Waals surface area contributed by atoms with Crippen molar-refractivity contribution in [2.24, 2.45) is 5.73 Å². The zero-order valence-electron chi connectivity index (χ0n) is 11.1. The summed E-state index contributed by atoms with van der Waals surface area (Å²) in [6.07, 6.45) is 1.82. The Morgan fingerprint density at radius 3 is 2.79 bits per heavy atom. The second kappa shape index (κ2) is 6.61. The number of aromatic nitrogens is 1. The van der Waals surface area contributed by atoms with Gasteiger partial charge in [-0.1, -0.05) is 6.07 Å². The second-order valence-corrected chi connectivity index (χ2v) is 7.02. The van der Waals surface area contributed by atoms with E-state index >= 15 is 0 Å². The molecule has 2 aromatic rings. The second-order valence-electron chi connectivity index (χ2n) is 4.73. The Morgan fingerprint density at radius 1 is 1.47 bits per heavy atom. The molecule has 3 nitrogen and oxygen atoms in total. The van der Waals surface area contributed by atoms with Crippen LogP contribution in [0.25, 0.3) is 0 Å². The highest BCUT2D eigenvalue weighted by molar-refractivity contribution is 9.11. The molecule has 2 atom stereocenters. The van der Waals surface area contributed by atoms with Gasteiger partial charge >= 0.3 is 0 Å². The van der Waals surface area contributed by atoms with Crippen molar-refractivity contribution in [1.29, 1.82) is 0 Å². The number of halogens is 1. The fraction of sp³-hybridized carbons (Fsp3) is 0.357. The lowest BCUT2D eigenvalue weighted by atomic mass is 10.0. The van der Waals surface area contributed by atoms with Gasteiger partial charge in [0.25, 0.3) is 0 Å². The molecule has 0 bridgehead atoms. The van der Waals surface area contributed by atoms with Crippen LogP contribution in [0, 0.1) is 0 Å². The molecule has 0 saturated carbocycles. The van der Waals surface area contributed by atoms with E-state index in [0.29, 0.717) is 0 Å². The largest absolute Gasteiger partial charge is 0.326 e. The molecule has 0 spiro atoms. The van der Waals surface area contributed by atoms with E-state index in [1.165, 1.54) is 5.56 Å². The molecule has 0 aromatic carbocycles. The predicted octanol–water partition coefficient (Wildman–Crippen LogP) is 3.43. The van der Waals surface area contributed by atoms with E-state index in [-0.39, 0.29) is 12.1 Å². The average Bonchev–Trinajstić information content (AvgIpc) is 2.75. The molecule has 0 amide bonds. The minimum absolute atomic E-state index is 0.0296. The fourth-order valence-electron chi connectivity index (χ4n) is 2.26. The first-order valence-electron chi connectivity index (χ1n) is 6.17. The Morgan fingerprint density at radius 2 is 2.26 bits per heavy atom. The number of thiophene rings is 1. The van der Waals surface area contributed by atoms with Crippen LogP contribution in [-0.2, 0) is 6.54 Å². The molecule has 5 heteroatoms. The number of pyridine rings is 1. The van der Waals surface area contributed by atoms with Crippen molar-refractivity contribution in [3.63, 3.8) is 0 Å². The van der Waals surface area contributed by atoms with Gasteiger partial charge in [0.1, 0.15) is 0 Å². The van der Waals surface area contributed by atoms with Gasteiger partial charge in [-0.2, -0.15) is 0 Å². The van der Waals surface area contributed by atoms with Crippen LogP contribution in [0.1, 0.15) is 24.2 Å². The van der Waals surface area contributed by atoms with Crippen molar-refractivity contribution in [1.82, 2.24) is 9.88 Å². The summed E-state index contributed by atoms with van der Waals surface area (Å²) in [4.78, 5) is 6.69. The van der Waals surface area contributed by atoms with Gasteiger partial charge in [0.15, 0.2) is 0 Å². The highest BCUT2D eigenvalue weighted by Crippen LogP contribution is 2.26. The topological polar surface area (TPSA) is 42.1 Å². The molecule has 2 rings (SSSR count). The van der Waals surface area contributed by atoms with E-state index in [1.807, 2.05) is 31.3 Å². The Bertz CT molecular complexity index is 512. The van der Waals surface area contributed by atoms with E-state index in [9.17, 15) is 0 Å². The molecule has 0 aliphatic carbocycles. The Balaban J connectivity index is 2.15. The van der Waals surface area contributed by atoms with Gasteiger partial charge in [-0.05, 0) is 59.0 Å². The number of hydrogen-bond acceptors (Lipinski definition) is 4. The maximum Gasteiger partial charge on any atom is 0.0701 e. The van der Waals surface area contributed by atoms with Crippen LogP contribution >= 0.6 is 27.3 Å². The van der Waals surface area contributed by atoms with Gasteiger partial charge in [0.05, 0.1) is 15.5 Å². The third-order valence-corrected chi connectivity index (χ3v) is 4.57. The minimum atomic E-state index is 0.0296. The first-order valence-corrected chi connectivity index (χ1v) is 7.85. The van der Waals surface area contributed by atoms with Crippen molar-refractivity contribution in [3.05, 3.63) is 50.9 Å². The lowest BCUT2D eigenvalue weighted by Gasteiger charge is -2.30. The summed E-state index contributed by atoms with van der Waals surface area (Å²) in [5.41, 5.74) is 8.46. The number of nitrogens with zero attached hydrogens (tertiary/aromatic N) is 2. The molecule has 2 aromatic heterocycles. The van der Waals surface area contributed by atoms with Crippen LogP contribution in [0.2, 0.25) is 0 Å². The van der Waals surface area contributed by atoms with Crippen LogP contribution in [0.3, 0.4) is 0 Å². The fourth-order valence-corrected chi connectivity index (χ4v) is 3.46. The van der Waals surface area contributed by atoms with Crippen molar-refractivity contribution in [3.8, 4) is 0 Å². The van der Waals surface area contributed by atoms with Gasteiger partial charge in [0.2, 0.25) is 0 Å². The summed E-state index contributed by atoms with van der Waals surface area (Å²) < 4.78 is 1.16. The van der Waals surface area contributed by atoms with E-state index in [0.717, 1.165) is 16.0 Å². The normalized spacial score (nSPS) is 14.6. The van der Waals surface area contributed by atoms with E-state index < -0.39 is 0 Å². The standard InChI is InChI=1S/C14H18BrN3S/c1-10(16)14(12-5-3-4-6-17-12)18(2)8-11-7-13(15)19-9-11/h3-7,9-10,14H,8,16H2,1-2H3. The molecule has 2 N–H and O–H groups in total. The van der Waals surface area contributed by atoms with Crippen molar-refractivity contribution >= 4 is 27.3 Å². The average molecular weight is 340 g/mol. The van der Waals surface area contributed by atoms with E-state index in [1.54, 1.807) is 11.3 Å². The van der Waals surface area contributed by atoms with Crippen LogP contribution in [0.5, 0.6) is 0 Å². The zero-order chi connectivity index (χ0) is 13.8. The monoisotopic (exact) mass is 339 g/mol. The maximum atomic E-state index is 6.14. The summed E-state index contributed by atoms with van der Waals surface area (Å²) in [6.45, 7) is 2.89. The molecule has 19 heavy (non-hydrogen) atoms. The molecule has 0 saturated heterocycles. The van der Waals surface area contributed by atoms with Crippen molar-refractivity contribution < 1.29 is 0 Å². The highest BCUT2D eigenvalue weighted by Gasteiger charge is 2.22. The maximum absolute atomic E-state index is 6.14. The quantitative estimate of drug-likeness (QED) is 0.907.